The van der Waals surface area contributed by atoms with Crippen LogP contribution in [0.25, 0.3) is 10.1 Å². The van der Waals surface area contributed by atoms with Gasteiger partial charge in [0.05, 0.1) is 0 Å². The predicted molar refractivity (Wildman–Crippen MR) is 83.3 cm³/mol. The highest BCUT2D eigenvalue weighted by Crippen LogP contribution is 2.29. The van der Waals surface area contributed by atoms with Crippen LogP contribution in [0.2, 0.25) is 0 Å². The Morgan fingerprint density at radius 3 is 3.00 bits per heavy atom. The molecule has 2 nitrogen and oxygen atoms in total. The van der Waals surface area contributed by atoms with E-state index in [1.807, 2.05) is 11.3 Å². The lowest BCUT2D eigenvalue weighted by Gasteiger charge is -2.27. The molecule has 0 aliphatic carbocycles. The number of benzene rings is 1. The second-order valence-electron chi connectivity index (χ2n) is 5.77. The normalized spacial score (nSPS) is 24.6. The van der Waals surface area contributed by atoms with Crippen LogP contribution in [0.4, 0.5) is 5.69 Å². The van der Waals surface area contributed by atoms with Gasteiger partial charge in [0, 0.05) is 36.1 Å². The topological polar surface area (TPSA) is 6.48 Å². The van der Waals surface area contributed by atoms with Crippen LogP contribution in [-0.2, 0) is 0 Å². The van der Waals surface area contributed by atoms with Crippen LogP contribution in [0, 0.1) is 0 Å². The number of nitrogens with zero attached hydrogens (tertiary/aromatic N) is 2. The summed E-state index contributed by atoms with van der Waals surface area (Å²) >= 11 is 1.84. The molecule has 2 saturated heterocycles. The highest BCUT2D eigenvalue weighted by atomic mass is 32.1. The van der Waals surface area contributed by atoms with Gasteiger partial charge in [-0.25, -0.2) is 0 Å². The second-order valence-corrected chi connectivity index (χ2v) is 6.72. The van der Waals surface area contributed by atoms with Crippen molar-refractivity contribution in [1.82, 2.24) is 4.90 Å². The Bertz CT molecular complexity index is 577. The van der Waals surface area contributed by atoms with Gasteiger partial charge in [0.1, 0.15) is 0 Å². The molecule has 2 aliphatic rings. The summed E-state index contributed by atoms with van der Waals surface area (Å²) < 4.78 is 1.40. The monoisotopic (exact) mass is 272 g/mol. The van der Waals surface area contributed by atoms with Gasteiger partial charge in [-0.15, -0.1) is 11.3 Å². The van der Waals surface area contributed by atoms with Crippen LogP contribution in [0.5, 0.6) is 0 Å². The van der Waals surface area contributed by atoms with E-state index in [1.54, 1.807) is 0 Å². The van der Waals surface area contributed by atoms with Crippen LogP contribution in [0.15, 0.2) is 29.6 Å². The van der Waals surface area contributed by atoms with E-state index in [0.717, 1.165) is 6.04 Å². The van der Waals surface area contributed by atoms with Crippen LogP contribution in [0.3, 0.4) is 0 Å². The van der Waals surface area contributed by atoms with E-state index < -0.39 is 0 Å². The van der Waals surface area contributed by atoms with E-state index >= 15 is 0 Å². The Balaban J connectivity index is 1.62. The fourth-order valence-electron chi connectivity index (χ4n) is 3.59. The minimum absolute atomic E-state index is 0.792. The lowest BCUT2D eigenvalue weighted by atomic mass is 10.2. The van der Waals surface area contributed by atoms with Gasteiger partial charge in [-0.05, 0) is 60.8 Å². The summed E-state index contributed by atoms with van der Waals surface area (Å²) in [5.74, 6) is 0. The Morgan fingerprint density at radius 2 is 2.00 bits per heavy atom. The zero-order valence-corrected chi connectivity index (χ0v) is 12.0. The smallest absolute Gasteiger partial charge is 0.0373 e. The second kappa shape index (κ2) is 4.80. The standard InChI is InChI=1S/C16H20N2S/c1-3-15-12-18(9-2-8-17(15)7-1)14-4-5-16-13(11-14)6-10-19-16/h4-6,10-11,15H,1-3,7-9,12H2. The molecule has 1 atom stereocenters. The van der Waals surface area contributed by atoms with Gasteiger partial charge in [-0.2, -0.15) is 0 Å². The largest absolute Gasteiger partial charge is 0.370 e. The molecule has 0 amide bonds. The Morgan fingerprint density at radius 1 is 1.05 bits per heavy atom. The number of fused-ring (bicyclic) bond motifs is 2. The average Bonchev–Trinajstić information content (AvgIpc) is 3.02. The minimum Gasteiger partial charge on any atom is -0.370 e. The van der Waals surface area contributed by atoms with Crippen LogP contribution in [0.1, 0.15) is 19.3 Å². The van der Waals surface area contributed by atoms with E-state index in [1.165, 1.54) is 61.2 Å². The molecular formula is C16H20N2S. The molecule has 2 fully saturated rings. The lowest BCUT2D eigenvalue weighted by molar-refractivity contribution is 0.273. The molecule has 4 rings (SSSR count). The van der Waals surface area contributed by atoms with E-state index in [4.69, 9.17) is 0 Å². The lowest BCUT2D eigenvalue weighted by Crippen LogP contribution is -2.36. The molecule has 0 radical (unpaired) electrons. The van der Waals surface area contributed by atoms with Crippen LogP contribution >= 0.6 is 11.3 Å². The SMILES string of the molecule is c1cc2cc(N3CCCN4CCCC4C3)ccc2s1. The summed E-state index contributed by atoms with van der Waals surface area (Å²) in [7, 11) is 0. The quantitative estimate of drug-likeness (QED) is 0.783. The third-order valence-electron chi connectivity index (χ3n) is 4.60. The van der Waals surface area contributed by atoms with Crippen molar-refractivity contribution in [2.75, 3.05) is 31.1 Å². The Hall–Kier alpha value is -1.06. The first-order chi connectivity index (χ1) is 9.40. The average molecular weight is 272 g/mol. The van der Waals surface area contributed by atoms with Gasteiger partial charge in [-0.1, -0.05) is 0 Å². The van der Waals surface area contributed by atoms with Crippen molar-refractivity contribution in [2.45, 2.75) is 25.3 Å². The van der Waals surface area contributed by atoms with Crippen molar-refractivity contribution in [1.29, 1.82) is 0 Å². The van der Waals surface area contributed by atoms with Crippen LogP contribution < -0.4 is 4.90 Å². The first-order valence-electron chi connectivity index (χ1n) is 7.36. The fourth-order valence-corrected chi connectivity index (χ4v) is 4.36. The molecule has 1 aromatic carbocycles. The fraction of sp³-hybridized carbons (Fsp3) is 0.500. The number of anilines is 1. The third kappa shape index (κ3) is 2.15. The van der Waals surface area contributed by atoms with Crippen LogP contribution in [-0.4, -0.2) is 37.1 Å². The predicted octanol–water partition coefficient (Wildman–Crippen LogP) is 3.58. The highest BCUT2D eigenvalue weighted by molar-refractivity contribution is 7.17. The van der Waals surface area contributed by atoms with E-state index in [2.05, 4.69) is 39.4 Å². The Kier molecular flexibility index (Phi) is 2.97. The van der Waals surface area contributed by atoms with Crippen molar-refractivity contribution < 1.29 is 0 Å². The maximum absolute atomic E-state index is 2.70. The molecule has 19 heavy (non-hydrogen) atoms. The van der Waals surface area contributed by atoms with Gasteiger partial charge < -0.3 is 4.90 Å². The molecule has 2 aromatic rings. The van der Waals surface area contributed by atoms with Gasteiger partial charge in [-0.3, -0.25) is 4.90 Å². The maximum atomic E-state index is 2.70. The summed E-state index contributed by atoms with van der Waals surface area (Å²) in [5, 5.41) is 3.59. The van der Waals surface area contributed by atoms with Gasteiger partial charge in [0.15, 0.2) is 0 Å². The molecule has 2 aliphatic heterocycles. The van der Waals surface area contributed by atoms with Gasteiger partial charge >= 0.3 is 0 Å². The molecule has 0 spiro atoms. The molecule has 3 heterocycles. The zero-order valence-electron chi connectivity index (χ0n) is 11.2. The number of hydrogen-bond acceptors (Lipinski definition) is 3. The number of rotatable bonds is 1. The maximum Gasteiger partial charge on any atom is 0.0373 e. The molecule has 3 heteroatoms. The summed E-state index contributed by atoms with van der Waals surface area (Å²) in [6.07, 6.45) is 4.08. The molecule has 0 bridgehead atoms. The van der Waals surface area contributed by atoms with E-state index in [-0.39, 0.29) is 0 Å². The molecule has 1 unspecified atom stereocenters. The summed E-state index contributed by atoms with van der Waals surface area (Å²) in [6, 6.07) is 10.00. The van der Waals surface area contributed by atoms with Gasteiger partial charge in [0.2, 0.25) is 0 Å². The molecule has 1 aromatic heterocycles. The van der Waals surface area contributed by atoms with E-state index in [9.17, 15) is 0 Å². The van der Waals surface area contributed by atoms with Crippen molar-refractivity contribution in [2.24, 2.45) is 0 Å². The van der Waals surface area contributed by atoms with Crippen molar-refractivity contribution in [3.05, 3.63) is 29.6 Å². The minimum atomic E-state index is 0.792. The van der Waals surface area contributed by atoms with E-state index in [0.29, 0.717) is 0 Å². The zero-order chi connectivity index (χ0) is 12.7. The number of hydrogen-bond donors (Lipinski definition) is 0. The molecule has 100 valence electrons. The molecule has 0 N–H and O–H groups in total. The first kappa shape index (κ1) is 11.7. The summed E-state index contributed by atoms with van der Waals surface area (Å²) in [5.41, 5.74) is 1.42. The van der Waals surface area contributed by atoms with Gasteiger partial charge in [0.25, 0.3) is 0 Å². The van der Waals surface area contributed by atoms with Crippen molar-refractivity contribution in [3.63, 3.8) is 0 Å². The Labute approximate surface area is 118 Å². The first-order valence-corrected chi connectivity index (χ1v) is 8.24. The van der Waals surface area contributed by atoms with Crippen molar-refractivity contribution in [3.8, 4) is 0 Å². The third-order valence-corrected chi connectivity index (χ3v) is 5.50. The number of thiophene rings is 1. The molecular weight excluding hydrogens is 252 g/mol. The summed E-state index contributed by atoms with van der Waals surface area (Å²) in [6.45, 7) is 5.04. The summed E-state index contributed by atoms with van der Waals surface area (Å²) in [4.78, 5) is 5.30. The highest BCUT2D eigenvalue weighted by Gasteiger charge is 2.28. The molecule has 0 saturated carbocycles. The van der Waals surface area contributed by atoms with Crippen molar-refractivity contribution >= 4 is 27.1 Å².